The van der Waals surface area contributed by atoms with Crippen molar-refractivity contribution in [2.45, 2.75) is 19.1 Å². The molecule has 1 atom stereocenters. The molecule has 1 N–H and O–H groups in total. The van der Waals surface area contributed by atoms with Crippen LogP contribution in [0.2, 0.25) is 0 Å². The minimum absolute atomic E-state index is 0.280. The minimum Gasteiger partial charge on any atom is -0.329 e. The second-order valence-electron chi connectivity index (χ2n) is 4.47. The highest BCUT2D eigenvalue weighted by molar-refractivity contribution is 5.79. The van der Waals surface area contributed by atoms with Crippen LogP contribution in [-0.2, 0) is 6.18 Å². The molecule has 1 unspecified atom stereocenters. The largest absolute Gasteiger partial charge is 0.416 e. The van der Waals surface area contributed by atoms with Crippen molar-refractivity contribution in [3.63, 3.8) is 0 Å². The van der Waals surface area contributed by atoms with Crippen molar-refractivity contribution < 1.29 is 18.0 Å². The molecule has 2 amide bonds. The number of nitrogens with zero attached hydrogens (tertiary/aromatic N) is 1. The minimum atomic E-state index is -4.35. The number of halogens is 3. The van der Waals surface area contributed by atoms with Crippen LogP contribution in [0.4, 0.5) is 18.0 Å². The second-order valence-corrected chi connectivity index (χ2v) is 4.47. The Morgan fingerprint density at radius 3 is 2.37 bits per heavy atom. The number of rotatable bonds is 2. The highest BCUT2D eigenvalue weighted by Crippen LogP contribution is 2.30. The van der Waals surface area contributed by atoms with E-state index >= 15 is 0 Å². The molecule has 102 valence electrons. The Hall–Kier alpha value is -1.98. The van der Waals surface area contributed by atoms with Crippen LogP contribution in [0.1, 0.15) is 24.1 Å². The Bertz CT molecular complexity index is 508. The maximum absolute atomic E-state index is 12.4. The Balaban J connectivity index is 2.16. The number of benzene rings is 1. The summed E-state index contributed by atoms with van der Waals surface area (Å²) < 4.78 is 37.3. The molecule has 1 heterocycles. The summed E-state index contributed by atoms with van der Waals surface area (Å²) in [5.41, 5.74) is 0.550. The van der Waals surface area contributed by atoms with Gasteiger partial charge in [0.05, 0.1) is 18.2 Å². The van der Waals surface area contributed by atoms with Crippen LogP contribution in [-0.4, -0.2) is 17.5 Å². The average molecular weight is 270 g/mol. The van der Waals surface area contributed by atoms with E-state index in [0.717, 1.165) is 12.1 Å². The highest BCUT2D eigenvalue weighted by Gasteiger charge is 2.32. The number of hydrogen-bond acceptors (Lipinski definition) is 1. The van der Waals surface area contributed by atoms with Crippen molar-refractivity contribution in [3.05, 3.63) is 47.7 Å². The first kappa shape index (κ1) is 13.5. The summed E-state index contributed by atoms with van der Waals surface area (Å²) in [6.07, 6.45) is -4.35. The first-order valence-electron chi connectivity index (χ1n) is 5.70. The van der Waals surface area contributed by atoms with Gasteiger partial charge in [-0.05, 0) is 24.6 Å². The molecule has 1 aromatic carbocycles. The van der Waals surface area contributed by atoms with Crippen molar-refractivity contribution in [3.8, 4) is 0 Å². The molecule has 0 spiro atoms. The van der Waals surface area contributed by atoms with Gasteiger partial charge in [0.25, 0.3) is 0 Å². The van der Waals surface area contributed by atoms with E-state index in [-0.39, 0.29) is 12.1 Å². The van der Waals surface area contributed by atoms with Crippen LogP contribution >= 0.6 is 0 Å². The lowest BCUT2D eigenvalue weighted by atomic mass is 10.1. The van der Waals surface area contributed by atoms with Crippen LogP contribution in [0.3, 0.4) is 0 Å². The molecule has 0 saturated carbocycles. The van der Waals surface area contributed by atoms with Crippen LogP contribution in [0.25, 0.3) is 0 Å². The number of hydrogen-bond donors (Lipinski definition) is 1. The van der Waals surface area contributed by atoms with Gasteiger partial charge in [0.2, 0.25) is 0 Å². The third kappa shape index (κ3) is 2.72. The molecule has 6 heteroatoms. The van der Waals surface area contributed by atoms with Crippen LogP contribution in [0.5, 0.6) is 0 Å². The van der Waals surface area contributed by atoms with Gasteiger partial charge in [0, 0.05) is 5.70 Å². The zero-order valence-corrected chi connectivity index (χ0v) is 10.3. The fourth-order valence-corrected chi connectivity index (χ4v) is 1.96. The molecule has 19 heavy (non-hydrogen) atoms. The maximum atomic E-state index is 12.4. The SMILES string of the molecule is C=C(C)N1CC(c2ccc(C(F)(F)F)cc2)NC1=O. The number of urea groups is 1. The van der Waals surface area contributed by atoms with Gasteiger partial charge in [-0.1, -0.05) is 18.7 Å². The van der Waals surface area contributed by atoms with Crippen LogP contribution in [0.15, 0.2) is 36.5 Å². The standard InChI is InChI=1S/C13H13F3N2O/c1-8(2)18-7-11(17-12(18)19)9-3-5-10(6-4-9)13(14,15)16/h3-6,11H,1,7H2,2H3,(H,17,19). The van der Waals surface area contributed by atoms with Crippen molar-refractivity contribution in [1.29, 1.82) is 0 Å². The quantitative estimate of drug-likeness (QED) is 0.878. The highest BCUT2D eigenvalue weighted by atomic mass is 19.4. The van der Waals surface area contributed by atoms with E-state index < -0.39 is 11.7 Å². The first-order valence-corrected chi connectivity index (χ1v) is 5.70. The van der Waals surface area contributed by atoms with Gasteiger partial charge >= 0.3 is 12.2 Å². The van der Waals surface area contributed by atoms with Gasteiger partial charge in [0.1, 0.15) is 0 Å². The van der Waals surface area contributed by atoms with E-state index in [1.54, 1.807) is 6.92 Å². The zero-order chi connectivity index (χ0) is 14.2. The number of nitrogens with one attached hydrogen (secondary N) is 1. The molecule has 1 aliphatic heterocycles. The molecule has 1 fully saturated rings. The lowest BCUT2D eigenvalue weighted by molar-refractivity contribution is -0.137. The molecule has 0 aliphatic carbocycles. The van der Waals surface area contributed by atoms with Gasteiger partial charge in [-0.25, -0.2) is 4.79 Å². The van der Waals surface area contributed by atoms with Crippen molar-refractivity contribution >= 4 is 6.03 Å². The fraction of sp³-hybridized carbons (Fsp3) is 0.308. The molecular weight excluding hydrogens is 257 g/mol. The van der Waals surface area contributed by atoms with E-state index in [4.69, 9.17) is 0 Å². The van der Waals surface area contributed by atoms with Crippen LogP contribution in [0, 0.1) is 0 Å². The van der Waals surface area contributed by atoms with E-state index in [2.05, 4.69) is 11.9 Å². The third-order valence-electron chi connectivity index (χ3n) is 3.01. The fourth-order valence-electron chi connectivity index (χ4n) is 1.96. The lowest BCUT2D eigenvalue weighted by Gasteiger charge is -2.14. The van der Waals surface area contributed by atoms with E-state index in [0.29, 0.717) is 17.8 Å². The van der Waals surface area contributed by atoms with E-state index in [9.17, 15) is 18.0 Å². The summed E-state index contributed by atoms with van der Waals surface area (Å²) in [6, 6.07) is 4.21. The summed E-state index contributed by atoms with van der Waals surface area (Å²) in [4.78, 5) is 13.1. The van der Waals surface area contributed by atoms with E-state index in [1.807, 2.05) is 0 Å². The summed E-state index contributed by atoms with van der Waals surface area (Å²) in [6.45, 7) is 5.76. The zero-order valence-electron chi connectivity index (χ0n) is 10.3. The van der Waals surface area contributed by atoms with E-state index in [1.165, 1.54) is 17.0 Å². The average Bonchev–Trinajstić information content (AvgIpc) is 2.70. The summed E-state index contributed by atoms with van der Waals surface area (Å²) in [5.74, 6) is 0. The smallest absolute Gasteiger partial charge is 0.329 e. The molecule has 0 bridgehead atoms. The van der Waals surface area contributed by atoms with Gasteiger partial charge in [-0.15, -0.1) is 0 Å². The molecule has 3 nitrogen and oxygen atoms in total. The number of carbonyl (C=O) groups excluding carboxylic acids is 1. The van der Waals surface area contributed by atoms with Gasteiger partial charge < -0.3 is 5.32 Å². The Kier molecular flexibility index (Phi) is 3.26. The van der Waals surface area contributed by atoms with Crippen molar-refractivity contribution in [2.24, 2.45) is 0 Å². The Morgan fingerprint density at radius 1 is 1.37 bits per heavy atom. The Labute approximate surface area is 108 Å². The lowest BCUT2D eigenvalue weighted by Crippen LogP contribution is -2.25. The maximum Gasteiger partial charge on any atom is 0.416 e. The molecule has 1 aromatic rings. The molecule has 0 radical (unpaired) electrons. The van der Waals surface area contributed by atoms with Crippen molar-refractivity contribution in [2.75, 3.05) is 6.54 Å². The van der Waals surface area contributed by atoms with Gasteiger partial charge in [0.15, 0.2) is 0 Å². The first-order chi connectivity index (χ1) is 8.79. The van der Waals surface area contributed by atoms with Crippen molar-refractivity contribution in [1.82, 2.24) is 10.2 Å². The normalized spacial score (nSPS) is 19.5. The summed E-state index contributed by atoms with van der Waals surface area (Å²) in [7, 11) is 0. The second kappa shape index (κ2) is 4.60. The summed E-state index contributed by atoms with van der Waals surface area (Å²) >= 11 is 0. The predicted molar refractivity (Wildman–Crippen MR) is 64.2 cm³/mol. The molecule has 1 aliphatic rings. The number of amides is 2. The molecular formula is C13H13F3N2O. The third-order valence-corrected chi connectivity index (χ3v) is 3.01. The molecule has 1 saturated heterocycles. The number of alkyl halides is 3. The number of carbonyl (C=O) groups is 1. The molecule has 0 aromatic heterocycles. The van der Waals surface area contributed by atoms with Gasteiger partial charge in [-0.3, -0.25) is 4.90 Å². The monoisotopic (exact) mass is 270 g/mol. The Morgan fingerprint density at radius 2 is 1.95 bits per heavy atom. The molecule has 2 rings (SSSR count). The number of allylic oxidation sites excluding steroid dienone is 1. The summed E-state index contributed by atoms with van der Waals surface area (Å²) in [5, 5.41) is 2.70. The van der Waals surface area contributed by atoms with Gasteiger partial charge in [-0.2, -0.15) is 13.2 Å². The van der Waals surface area contributed by atoms with Crippen LogP contribution < -0.4 is 5.32 Å². The topological polar surface area (TPSA) is 32.3 Å². The predicted octanol–water partition coefficient (Wildman–Crippen LogP) is 3.31.